The SMILES string of the molecule is O=C(c1cc(Cn2c(=O)[nH]c(=O)c3cc(F)ccc32)ccc1F)N1CCN(c2ccccn2)CC1. The summed E-state index contributed by atoms with van der Waals surface area (Å²) in [4.78, 5) is 47.8. The summed E-state index contributed by atoms with van der Waals surface area (Å²) in [6.07, 6.45) is 1.71. The van der Waals surface area contributed by atoms with Crippen LogP contribution in [-0.4, -0.2) is 51.5 Å². The number of amides is 1. The number of piperazine rings is 1. The van der Waals surface area contributed by atoms with Crippen LogP contribution in [-0.2, 0) is 6.54 Å². The Hall–Kier alpha value is -4.34. The van der Waals surface area contributed by atoms with Crippen LogP contribution in [0.2, 0.25) is 0 Å². The number of hydrogen-bond donors (Lipinski definition) is 1. The van der Waals surface area contributed by atoms with Gasteiger partial charge in [0.15, 0.2) is 0 Å². The van der Waals surface area contributed by atoms with E-state index in [2.05, 4.69) is 14.9 Å². The van der Waals surface area contributed by atoms with Crippen molar-refractivity contribution in [2.75, 3.05) is 31.1 Å². The van der Waals surface area contributed by atoms with Crippen LogP contribution in [0, 0.1) is 11.6 Å². The van der Waals surface area contributed by atoms with E-state index in [9.17, 15) is 23.2 Å². The van der Waals surface area contributed by atoms with E-state index in [1.54, 1.807) is 11.1 Å². The summed E-state index contributed by atoms with van der Waals surface area (Å²) in [5.74, 6) is -0.880. The Morgan fingerprint density at radius 2 is 1.77 bits per heavy atom. The molecule has 0 radical (unpaired) electrons. The number of aromatic nitrogens is 3. The first-order valence-corrected chi connectivity index (χ1v) is 11.1. The van der Waals surface area contributed by atoms with Crippen molar-refractivity contribution < 1.29 is 13.6 Å². The molecular formula is C25H21F2N5O3. The molecule has 1 fully saturated rings. The highest BCUT2D eigenvalue weighted by Crippen LogP contribution is 2.19. The number of hydrogen-bond acceptors (Lipinski definition) is 5. The summed E-state index contributed by atoms with van der Waals surface area (Å²) >= 11 is 0. The number of fused-ring (bicyclic) bond motifs is 1. The normalized spacial score (nSPS) is 13.9. The van der Waals surface area contributed by atoms with Crippen LogP contribution >= 0.6 is 0 Å². The van der Waals surface area contributed by atoms with E-state index in [0.29, 0.717) is 31.7 Å². The maximum atomic E-state index is 14.7. The number of carbonyl (C=O) groups excluding carboxylic acids is 1. The minimum Gasteiger partial charge on any atom is -0.353 e. The zero-order chi connectivity index (χ0) is 24.5. The highest BCUT2D eigenvalue weighted by atomic mass is 19.1. The molecule has 0 spiro atoms. The van der Waals surface area contributed by atoms with Crippen molar-refractivity contribution in [3.63, 3.8) is 0 Å². The summed E-state index contributed by atoms with van der Waals surface area (Å²) in [6.45, 7) is 1.92. The van der Waals surface area contributed by atoms with Crippen molar-refractivity contribution in [2.24, 2.45) is 0 Å². The van der Waals surface area contributed by atoms with E-state index < -0.39 is 28.8 Å². The molecule has 0 saturated carbocycles. The summed E-state index contributed by atoms with van der Waals surface area (Å²) < 4.78 is 29.5. The molecule has 0 atom stereocenters. The predicted octanol–water partition coefficient (Wildman–Crippen LogP) is 2.37. The summed E-state index contributed by atoms with van der Waals surface area (Å²) in [6, 6.07) is 13.3. The quantitative estimate of drug-likeness (QED) is 0.488. The second kappa shape index (κ2) is 9.13. The van der Waals surface area contributed by atoms with Gasteiger partial charge in [-0.25, -0.2) is 18.6 Å². The maximum absolute atomic E-state index is 14.7. The lowest BCUT2D eigenvalue weighted by Crippen LogP contribution is -2.49. The van der Waals surface area contributed by atoms with Crippen molar-refractivity contribution in [1.29, 1.82) is 0 Å². The molecule has 10 heteroatoms. The van der Waals surface area contributed by atoms with E-state index >= 15 is 0 Å². The lowest BCUT2D eigenvalue weighted by molar-refractivity contribution is 0.0741. The molecule has 178 valence electrons. The highest BCUT2D eigenvalue weighted by Gasteiger charge is 2.25. The van der Waals surface area contributed by atoms with Crippen LogP contribution in [0.15, 0.2) is 70.4 Å². The van der Waals surface area contributed by atoms with Gasteiger partial charge in [0.1, 0.15) is 17.5 Å². The molecule has 1 saturated heterocycles. The molecule has 1 aliphatic rings. The molecule has 5 rings (SSSR count). The van der Waals surface area contributed by atoms with E-state index in [-0.39, 0.29) is 23.0 Å². The highest BCUT2D eigenvalue weighted by molar-refractivity contribution is 5.95. The zero-order valence-electron chi connectivity index (χ0n) is 18.6. The average molecular weight is 477 g/mol. The third-order valence-corrected chi connectivity index (χ3v) is 6.10. The molecule has 0 aliphatic carbocycles. The number of nitrogens with zero attached hydrogens (tertiary/aromatic N) is 4. The van der Waals surface area contributed by atoms with Crippen LogP contribution in [0.3, 0.4) is 0 Å². The molecule has 8 nitrogen and oxygen atoms in total. The van der Waals surface area contributed by atoms with Gasteiger partial charge in [-0.3, -0.25) is 19.1 Å². The molecule has 1 aliphatic heterocycles. The fraction of sp³-hybridized carbons (Fsp3) is 0.200. The number of aromatic amines is 1. The Morgan fingerprint density at radius 1 is 0.971 bits per heavy atom. The zero-order valence-corrected chi connectivity index (χ0v) is 18.6. The summed E-state index contributed by atoms with van der Waals surface area (Å²) in [5, 5.41) is 0.0220. The van der Waals surface area contributed by atoms with E-state index in [1.807, 2.05) is 18.2 Å². The summed E-state index contributed by atoms with van der Waals surface area (Å²) in [7, 11) is 0. The molecule has 4 aromatic rings. The number of pyridine rings is 1. The first-order chi connectivity index (χ1) is 16.9. The molecule has 35 heavy (non-hydrogen) atoms. The Morgan fingerprint density at radius 3 is 2.51 bits per heavy atom. The number of anilines is 1. The van der Waals surface area contributed by atoms with Gasteiger partial charge in [-0.1, -0.05) is 12.1 Å². The minimum atomic E-state index is -0.694. The van der Waals surface area contributed by atoms with Crippen LogP contribution in [0.25, 0.3) is 10.9 Å². The van der Waals surface area contributed by atoms with E-state index in [1.165, 1.54) is 28.8 Å². The summed E-state index contributed by atoms with van der Waals surface area (Å²) in [5.41, 5.74) is -0.747. The topological polar surface area (TPSA) is 91.3 Å². The lowest BCUT2D eigenvalue weighted by atomic mass is 10.1. The second-order valence-electron chi connectivity index (χ2n) is 8.29. The second-order valence-corrected chi connectivity index (χ2v) is 8.29. The van der Waals surface area contributed by atoms with Gasteiger partial charge in [0.25, 0.3) is 11.5 Å². The van der Waals surface area contributed by atoms with Crippen LogP contribution in [0.4, 0.5) is 14.6 Å². The van der Waals surface area contributed by atoms with Crippen molar-refractivity contribution in [2.45, 2.75) is 6.54 Å². The van der Waals surface area contributed by atoms with Gasteiger partial charge >= 0.3 is 5.69 Å². The van der Waals surface area contributed by atoms with Gasteiger partial charge in [-0.2, -0.15) is 0 Å². The van der Waals surface area contributed by atoms with Crippen molar-refractivity contribution in [1.82, 2.24) is 19.4 Å². The molecule has 1 N–H and O–H groups in total. The third-order valence-electron chi connectivity index (χ3n) is 6.10. The van der Waals surface area contributed by atoms with Gasteiger partial charge in [-0.15, -0.1) is 0 Å². The van der Waals surface area contributed by atoms with Gasteiger partial charge in [-0.05, 0) is 48.0 Å². The largest absolute Gasteiger partial charge is 0.353 e. The van der Waals surface area contributed by atoms with Gasteiger partial charge in [0, 0.05) is 32.4 Å². The Balaban J connectivity index is 1.39. The number of rotatable bonds is 4. The van der Waals surface area contributed by atoms with Gasteiger partial charge in [0.2, 0.25) is 0 Å². The Bertz CT molecular complexity index is 1530. The number of H-pyrrole nitrogens is 1. The first kappa shape index (κ1) is 22.5. The van der Waals surface area contributed by atoms with Crippen molar-refractivity contribution in [3.05, 3.63) is 104 Å². The van der Waals surface area contributed by atoms with E-state index in [0.717, 1.165) is 18.0 Å². The van der Waals surface area contributed by atoms with Gasteiger partial charge < -0.3 is 9.80 Å². The molecule has 2 aromatic heterocycles. The minimum absolute atomic E-state index is 0.0220. The molecule has 1 amide bonds. The molecule has 0 bridgehead atoms. The Kier molecular flexibility index (Phi) is 5.86. The van der Waals surface area contributed by atoms with Crippen LogP contribution in [0.1, 0.15) is 15.9 Å². The number of carbonyl (C=O) groups is 1. The first-order valence-electron chi connectivity index (χ1n) is 11.1. The fourth-order valence-electron chi connectivity index (χ4n) is 4.29. The average Bonchev–Trinajstić information content (AvgIpc) is 2.88. The van der Waals surface area contributed by atoms with E-state index in [4.69, 9.17) is 0 Å². The molecule has 2 aromatic carbocycles. The maximum Gasteiger partial charge on any atom is 0.329 e. The molecule has 3 heterocycles. The smallest absolute Gasteiger partial charge is 0.329 e. The fourth-order valence-corrected chi connectivity index (χ4v) is 4.29. The number of benzene rings is 2. The van der Waals surface area contributed by atoms with Crippen LogP contribution < -0.4 is 16.1 Å². The van der Waals surface area contributed by atoms with Crippen LogP contribution in [0.5, 0.6) is 0 Å². The lowest BCUT2D eigenvalue weighted by Gasteiger charge is -2.35. The standard InChI is InChI=1S/C25H21F2N5O3/c26-17-5-7-21-19(14-17)23(33)29-25(35)32(21)15-16-4-6-20(27)18(13-16)24(34)31-11-9-30(10-12-31)22-3-1-2-8-28-22/h1-8,13-14H,9-12,15H2,(H,29,33,35). The van der Waals surface area contributed by atoms with Gasteiger partial charge in [0.05, 0.1) is 23.0 Å². The van der Waals surface area contributed by atoms with Crippen molar-refractivity contribution >= 4 is 22.6 Å². The Labute approximate surface area is 198 Å². The molecule has 0 unspecified atom stereocenters. The third kappa shape index (κ3) is 4.42. The van der Waals surface area contributed by atoms with Crippen molar-refractivity contribution in [3.8, 4) is 0 Å². The predicted molar refractivity (Wildman–Crippen MR) is 127 cm³/mol. The monoisotopic (exact) mass is 477 g/mol. The number of nitrogens with one attached hydrogen (secondary N) is 1. The molecular weight excluding hydrogens is 456 g/mol. The number of halogens is 2.